The normalized spacial score (nSPS) is 10.2. The van der Waals surface area contributed by atoms with Crippen LogP contribution in [0.5, 0.6) is 5.75 Å². The molecule has 0 radical (unpaired) electrons. The molecule has 96 valence electrons. The van der Waals surface area contributed by atoms with E-state index in [0.29, 0.717) is 17.5 Å². The van der Waals surface area contributed by atoms with Gasteiger partial charge in [0, 0.05) is 17.5 Å². The maximum Gasteiger partial charge on any atom is 0.197 e. The fraction of sp³-hybridized carbons (Fsp3) is 0.125. The van der Waals surface area contributed by atoms with Crippen molar-refractivity contribution in [2.75, 3.05) is 0 Å². The molecule has 19 heavy (non-hydrogen) atoms. The predicted octanol–water partition coefficient (Wildman–Crippen LogP) is 3.22. The van der Waals surface area contributed by atoms with Crippen molar-refractivity contribution in [3.05, 3.63) is 65.2 Å². The molecule has 3 heteroatoms. The van der Waals surface area contributed by atoms with Crippen molar-refractivity contribution in [1.82, 2.24) is 0 Å². The molecule has 0 aliphatic heterocycles. The molecule has 3 nitrogen and oxygen atoms in total. The molecule has 2 aromatic carbocycles. The van der Waals surface area contributed by atoms with Crippen molar-refractivity contribution in [2.24, 2.45) is 0 Å². The van der Waals surface area contributed by atoms with Crippen molar-refractivity contribution in [1.29, 1.82) is 0 Å². The van der Waals surface area contributed by atoms with Gasteiger partial charge >= 0.3 is 0 Å². The van der Waals surface area contributed by atoms with Crippen LogP contribution in [0.15, 0.2) is 48.5 Å². The summed E-state index contributed by atoms with van der Waals surface area (Å²) in [6.45, 7) is 1.75. The van der Waals surface area contributed by atoms with Gasteiger partial charge in [0.2, 0.25) is 0 Å². The monoisotopic (exact) mass is 254 g/mol. The average Bonchev–Trinajstić information content (AvgIpc) is 2.46. The highest BCUT2D eigenvalue weighted by molar-refractivity contribution is 6.16. The minimum Gasteiger partial charge on any atom is -0.507 e. The number of hydrogen-bond donors (Lipinski definition) is 1. The smallest absolute Gasteiger partial charge is 0.197 e. The summed E-state index contributed by atoms with van der Waals surface area (Å²) in [5, 5.41) is 9.72. The van der Waals surface area contributed by atoms with Crippen LogP contribution in [0.25, 0.3) is 0 Å². The standard InChI is InChI=1S/C16H14O3/c1-2-14(17)11-7-3-4-8-12(11)16(19)13-9-5-6-10-15(13)18/h3-10,18H,2H2,1H3. The lowest BCUT2D eigenvalue weighted by Gasteiger charge is -2.08. The van der Waals surface area contributed by atoms with Gasteiger partial charge in [-0.05, 0) is 12.1 Å². The van der Waals surface area contributed by atoms with Gasteiger partial charge in [0.25, 0.3) is 0 Å². The number of Topliss-reactive ketones (excluding diaryl/α,β-unsaturated/α-hetero) is 1. The van der Waals surface area contributed by atoms with Crippen molar-refractivity contribution in [2.45, 2.75) is 13.3 Å². The third-order valence-electron chi connectivity index (χ3n) is 2.94. The molecule has 0 bridgehead atoms. The predicted molar refractivity (Wildman–Crippen MR) is 72.6 cm³/mol. The number of benzene rings is 2. The summed E-state index contributed by atoms with van der Waals surface area (Å²) in [5.74, 6) is -0.499. The Morgan fingerprint density at radius 2 is 1.42 bits per heavy atom. The van der Waals surface area contributed by atoms with Gasteiger partial charge < -0.3 is 5.11 Å². The first-order chi connectivity index (χ1) is 9.15. The highest BCUT2D eigenvalue weighted by Crippen LogP contribution is 2.22. The van der Waals surface area contributed by atoms with Crippen LogP contribution in [0.4, 0.5) is 0 Å². The van der Waals surface area contributed by atoms with Crippen molar-refractivity contribution >= 4 is 11.6 Å². The van der Waals surface area contributed by atoms with Gasteiger partial charge in [-0.3, -0.25) is 9.59 Å². The van der Waals surface area contributed by atoms with Crippen molar-refractivity contribution in [3.8, 4) is 5.75 Å². The van der Waals surface area contributed by atoms with Crippen LogP contribution < -0.4 is 0 Å². The number of carbonyl (C=O) groups is 2. The van der Waals surface area contributed by atoms with Crippen LogP contribution >= 0.6 is 0 Å². The van der Waals surface area contributed by atoms with Crippen molar-refractivity contribution < 1.29 is 14.7 Å². The first kappa shape index (κ1) is 13.0. The average molecular weight is 254 g/mol. The van der Waals surface area contributed by atoms with Gasteiger partial charge in [-0.1, -0.05) is 43.3 Å². The minimum absolute atomic E-state index is 0.0775. The van der Waals surface area contributed by atoms with E-state index in [9.17, 15) is 14.7 Å². The third kappa shape index (κ3) is 2.55. The Kier molecular flexibility index (Phi) is 3.76. The molecule has 0 saturated heterocycles. The van der Waals surface area contributed by atoms with Crippen molar-refractivity contribution in [3.63, 3.8) is 0 Å². The van der Waals surface area contributed by atoms with E-state index < -0.39 is 0 Å². The number of aromatic hydroxyl groups is 1. The summed E-state index contributed by atoms with van der Waals surface area (Å²) in [6, 6.07) is 13.0. The Morgan fingerprint density at radius 3 is 2.00 bits per heavy atom. The third-order valence-corrected chi connectivity index (χ3v) is 2.94. The summed E-state index contributed by atoms with van der Waals surface area (Å²) >= 11 is 0. The Balaban J connectivity index is 2.51. The fourth-order valence-corrected chi connectivity index (χ4v) is 1.93. The molecule has 0 unspecified atom stereocenters. The number of phenols is 1. The molecule has 0 aromatic heterocycles. The van der Waals surface area contributed by atoms with Gasteiger partial charge in [0.1, 0.15) is 5.75 Å². The summed E-state index contributed by atoms with van der Waals surface area (Å²) in [4.78, 5) is 24.2. The highest BCUT2D eigenvalue weighted by Gasteiger charge is 2.18. The second-order valence-corrected chi connectivity index (χ2v) is 4.17. The first-order valence-corrected chi connectivity index (χ1v) is 6.10. The summed E-state index contributed by atoms with van der Waals surface area (Å²) in [7, 11) is 0. The van der Waals surface area contributed by atoms with Gasteiger partial charge in [0.05, 0.1) is 5.56 Å². The Labute approximate surface area is 111 Å². The van der Waals surface area contributed by atoms with E-state index in [1.165, 1.54) is 6.07 Å². The molecule has 0 aliphatic rings. The van der Waals surface area contributed by atoms with Crippen LogP contribution in [0.1, 0.15) is 39.6 Å². The maximum atomic E-state index is 12.4. The Hall–Kier alpha value is -2.42. The molecule has 2 rings (SSSR count). The lowest BCUT2D eigenvalue weighted by molar-refractivity contribution is 0.0971. The second-order valence-electron chi connectivity index (χ2n) is 4.17. The van der Waals surface area contributed by atoms with E-state index in [0.717, 1.165) is 0 Å². The van der Waals surface area contributed by atoms with Crippen LogP contribution in [-0.4, -0.2) is 16.7 Å². The molecular weight excluding hydrogens is 240 g/mol. The van der Waals surface area contributed by atoms with E-state index in [2.05, 4.69) is 0 Å². The van der Waals surface area contributed by atoms with E-state index in [1.54, 1.807) is 49.4 Å². The van der Waals surface area contributed by atoms with Gasteiger partial charge in [-0.15, -0.1) is 0 Å². The van der Waals surface area contributed by atoms with E-state index >= 15 is 0 Å². The maximum absolute atomic E-state index is 12.4. The van der Waals surface area contributed by atoms with E-state index in [-0.39, 0.29) is 22.9 Å². The molecule has 2 aromatic rings. The number of phenolic OH excluding ortho intramolecular Hbond substituents is 1. The Bertz CT molecular complexity index is 629. The first-order valence-electron chi connectivity index (χ1n) is 6.10. The Morgan fingerprint density at radius 1 is 0.895 bits per heavy atom. The number of rotatable bonds is 4. The fourth-order valence-electron chi connectivity index (χ4n) is 1.93. The molecular formula is C16H14O3. The summed E-state index contributed by atoms with van der Waals surface area (Å²) in [5.41, 5.74) is 0.938. The van der Waals surface area contributed by atoms with Gasteiger partial charge in [-0.2, -0.15) is 0 Å². The molecule has 0 amide bonds. The number of hydrogen-bond acceptors (Lipinski definition) is 3. The molecule has 0 atom stereocenters. The van der Waals surface area contributed by atoms with Crippen LogP contribution in [0, 0.1) is 0 Å². The molecule has 0 heterocycles. The largest absolute Gasteiger partial charge is 0.507 e. The van der Waals surface area contributed by atoms with E-state index in [1.807, 2.05) is 0 Å². The van der Waals surface area contributed by atoms with E-state index in [4.69, 9.17) is 0 Å². The lowest BCUT2D eigenvalue weighted by atomic mass is 9.95. The summed E-state index contributed by atoms with van der Waals surface area (Å²) < 4.78 is 0. The zero-order chi connectivity index (χ0) is 13.8. The second kappa shape index (κ2) is 5.48. The zero-order valence-electron chi connectivity index (χ0n) is 10.6. The lowest BCUT2D eigenvalue weighted by Crippen LogP contribution is -2.09. The molecule has 0 fully saturated rings. The van der Waals surface area contributed by atoms with Gasteiger partial charge in [-0.25, -0.2) is 0 Å². The van der Waals surface area contributed by atoms with Crippen LogP contribution in [-0.2, 0) is 0 Å². The van der Waals surface area contributed by atoms with Crippen LogP contribution in [0.2, 0.25) is 0 Å². The topological polar surface area (TPSA) is 54.4 Å². The quantitative estimate of drug-likeness (QED) is 0.852. The number of para-hydroxylation sites is 1. The number of ketones is 2. The van der Waals surface area contributed by atoms with Gasteiger partial charge in [0.15, 0.2) is 11.6 Å². The highest BCUT2D eigenvalue weighted by atomic mass is 16.3. The van der Waals surface area contributed by atoms with Crippen LogP contribution in [0.3, 0.4) is 0 Å². The molecule has 0 saturated carbocycles. The SMILES string of the molecule is CCC(=O)c1ccccc1C(=O)c1ccccc1O. The summed E-state index contributed by atoms with van der Waals surface area (Å²) in [6.07, 6.45) is 0.338. The molecule has 0 spiro atoms. The number of carbonyl (C=O) groups excluding carboxylic acids is 2. The molecule has 1 N–H and O–H groups in total. The molecule has 0 aliphatic carbocycles. The minimum atomic E-state index is -0.337. The zero-order valence-corrected chi connectivity index (χ0v) is 10.6.